The predicted molar refractivity (Wildman–Crippen MR) is 95.3 cm³/mol. The predicted octanol–water partition coefficient (Wildman–Crippen LogP) is 3.57. The zero-order chi connectivity index (χ0) is 16.8. The van der Waals surface area contributed by atoms with Gasteiger partial charge in [-0.1, -0.05) is 11.6 Å². The van der Waals surface area contributed by atoms with Crippen molar-refractivity contribution >= 4 is 40.7 Å². The highest BCUT2D eigenvalue weighted by molar-refractivity contribution is 7.80. The molecule has 1 amide bonds. The molecule has 1 aromatic heterocycles. The number of nitrogens with one attached hydrogen (secondary N) is 2. The number of amides is 1. The zero-order valence-electron chi connectivity index (χ0n) is 12.7. The van der Waals surface area contributed by atoms with E-state index < -0.39 is 0 Å². The molecule has 0 aliphatic rings. The number of carbonyl (C=O) groups excluding carboxylic acids is 1. The van der Waals surface area contributed by atoms with E-state index in [0.717, 1.165) is 5.56 Å². The molecule has 0 aliphatic heterocycles. The first-order valence-electron chi connectivity index (χ1n) is 6.97. The molecular weight excluding hydrogens is 334 g/mol. The van der Waals surface area contributed by atoms with E-state index in [2.05, 4.69) is 15.6 Å². The second kappa shape index (κ2) is 7.89. The molecule has 2 aromatic rings. The molecule has 5 nitrogen and oxygen atoms in total. The SMILES string of the molecule is CCOc1ccc(C(=O)NC(=S)Nc2cc(C)ccn2)cc1Cl. The van der Waals surface area contributed by atoms with Gasteiger partial charge in [-0.2, -0.15) is 0 Å². The van der Waals surface area contributed by atoms with E-state index in [4.69, 9.17) is 28.6 Å². The monoisotopic (exact) mass is 349 g/mol. The Kier molecular flexibility index (Phi) is 5.90. The first-order chi connectivity index (χ1) is 11.0. The molecule has 2 N–H and O–H groups in total. The molecule has 0 saturated heterocycles. The van der Waals surface area contributed by atoms with Crippen molar-refractivity contribution in [2.75, 3.05) is 11.9 Å². The van der Waals surface area contributed by atoms with Gasteiger partial charge >= 0.3 is 0 Å². The normalized spacial score (nSPS) is 10.0. The zero-order valence-corrected chi connectivity index (χ0v) is 14.3. The smallest absolute Gasteiger partial charge is 0.257 e. The van der Waals surface area contributed by atoms with Crippen molar-refractivity contribution in [3.05, 3.63) is 52.7 Å². The summed E-state index contributed by atoms with van der Waals surface area (Å²) < 4.78 is 5.33. The number of hydrogen-bond acceptors (Lipinski definition) is 4. The van der Waals surface area contributed by atoms with Gasteiger partial charge in [-0.05, 0) is 62.0 Å². The van der Waals surface area contributed by atoms with Crippen LogP contribution in [0.25, 0.3) is 0 Å². The Morgan fingerprint density at radius 1 is 1.35 bits per heavy atom. The average Bonchev–Trinajstić information content (AvgIpc) is 2.49. The number of ether oxygens (including phenoxy) is 1. The van der Waals surface area contributed by atoms with Crippen molar-refractivity contribution in [1.29, 1.82) is 0 Å². The lowest BCUT2D eigenvalue weighted by atomic mass is 10.2. The van der Waals surface area contributed by atoms with E-state index in [0.29, 0.717) is 28.8 Å². The number of carbonyl (C=O) groups is 1. The van der Waals surface area contributed by atoms with E-state index >= 15 is 0 Å². The Morgan fingerprint density at radius 3 is 2.78 bits per heavy atom. The molecule has 7 heteroatoms. The molecule has 0 radical (unpaired) electrons. The van der Waals surface area contributed by atoms with Gasteiger partial charge < -0.3 is 10.1 Å². The number of benzene rings is 1. The van der Waals surface area contributed by atoms with Crippen LogP contribution in [0.15, 0.2) is 36.5 Å². The minimum atomic E-state index is -0.361. The molecule has 120 valence electrons. The number of rotatable bonds is 4. The van der Waals surface area contributed by atoms with Crippen molar-refractivity contribution in [3.63, 3.8) is 0 Å². The molecule has 0 atom stereocenters. The van der Waals surface area contributed by atoms with Crippen LogP contribution >= 0.6 is 23.8 Å². The maximum atomic E-state index is 12.2. The lowest BCUT2D eigenvalue weighted by Gasteiger charge is -2.10. The fourth-order valence-electron chi connectivity index (χ4n) is 1.84. The van der Waals surface area contributed by atoms with Gasteiger partial charge in [-0.15, -0.1) is 0 Å². The number of nitrogens with zero attached hydrogens (tertiary/aromatic N) is 1. The Morgan fingerprint density at radius 2 is 2.13 bits per heavy atom. The second-order valence-electron chi connectivity index (χ2n) is 4.70. The summed E-state index contributed by atoms with van der Waals surface area (Å²) in [7, 11) is 0. The minimum Gasteiger partial charge on any atom is -0.492 e. The standard InChI is InChI=1S/C16H16ClN3O2S/c1-3-22-13-5-4-11(9-12(13)17)15(21)20-16(23)19-14-8-10(2)6-7-18-14/h4-9H,3H2,1-2H3,(H2,18,19,20,21,23). The number of aromatic nitrogens is 1. The van der Waals surface area contributed by atoms with Crippen LogP contribution in [0.1, 0.15) is 22.8 Å². The number of thiocarbonyl (C=S) groups is 1. The maximum Gasteiger partial charge on any atom is 0.257 e. The van der Waals surface area contributed by atoms with E-state index in [-0.39, 0.29) is 11.0 Å². The summed E-state index contributed by atoms with van der Waals surface area (Å²) in [6, 6.07) is 8.51. The summed E-state index contributed by atoms with van der Waals surface area (Å²) in [6.45, 7) is 4.31. The molecule has 0 saturated carbocycles. The van der Waals surface area contributed by atoms with Crippen LogP contribution in [0.5, 0.6) is 5.75 Å². The summed E-state index contributed by atoms with van der Waals surface area (Å²) >= 11 is 11.2. The third kappa shape index (κ3) is 4.91. The van der Waals surface area contributed by atoms with Gasteiger partial charge in [0.05, 0.1) is 11.6 Å². The van der Waals surface area contributed by atoms with Crippen LogP contribution in [0, 0.1) is 6.92 Å². The van der Waals surface area contributed by atoms with E-state index in [1.807, 2.05) is 26.0 Å². The molecule has 0 unspecified atom stereocenters. The van der Waals surface area contributed by atoms with E-state index in [1.54, 1.807) is 18.3 Å². The Labute approximate surface area is 145 Å². The van der Waals surface area contributed by atoms with Gasteiger partial charge in [0.25, 0.3) is 5.91 Å². The number of pyridine rings is 1. The van der Waals surface area contributed by atoms with Crippen LogP contribution in [0.2, 0.25) is 5.02 Å². The summed E-state index contributed by atoms with van der Waals surface area (Å²) in [5.41, 5.74) is 1.43. The van der Waals surface area contributed by atoms with E-state index in [9.17, 15) is 4.79 Å². The fourth-order valence-corrected chi connectivity index (χ4v) is 2.27. The van der Waals surface area contributed by atoms with Crippen molar-refractivity contribution in [2.45, 2.75) is 13.8 Å². The van der Waals surface area contributed by atoms with Gasteiger partial charge in [0.15, 0.2) is 5.11 Å². The fraction of sp³-hybridized carbons (Fsp3) is 0.188. The first kappa shape index (κ1) is 17.2. The average molecular weight is 350 g/mol. The summed E-state index contributed by atoms with van der Waals surface area (Å²) in [4.78, 5) is 16.3. The minimum absolute atomic E-state index is 0.165. The lowest BCUT2D eigenvalue weighted by molar-refractivity contribution is 0.0977. The van der Waals surface area contributed by atoms with Gasteiger partial charge in [0.1, 0.15) is 11.6 Å². The number of hydrogen-bond donors (Lipinski definition) is 2. The van der Waals surface area contributed by atoms with Crippen LogP contribution in [0.3, 0.4) is 0 Å². The topological polar surface area (TPSA) is 63.2 Å². The Balaban J connectivity index is 2.01. The third-order valence-electron chi connectivity index (χ3n) is 2.88. The summed E-state index contributed by atoms with van der Waals surface area (Å²) in [6.07, 6.45) is 1.66. The van der Waals surface area contributed by atoms with Crippen LogP contribution < -0.4 is 15.4 Å². The van der Waals surface area contributed by atoms with Crippen molar-refractivity contribution in [1.82, 2.24) is 10.3 Å². The number of anilines is 1. The molecule has 1 heterocycles. The highest BCUT2D eigenvalue weighted by Gasteiger charge is 2.11. The third-order valence-corrected chi connectivity index (χ3v) is 3.38. The van der Waals surface area contributed by atoms with Crippen molar-refractivity contribution < 1.29 is 9.53 Å². The maximum absolute atomic E-state index is 12.2. The molecule has 23 heavy (non-hydrogen) atoms. The highest BCUT2D eigenvalue weighted by atomic mass is 35.5. The van der Waals surface area contributed by atoms with Crippen LogP contribution in [-0.2, 0) is 0 Å². The number of aryl methyl sites for hydroxylation is 1. The van der Waals surface area contributed by atoms with Gasteiger partial charge in [-0.3, -0.25) is 10.1 Å². The molecule has 2 rings (SSSR count). The lowest BCUT2D eigenvalue weighted by Crippen LogP contribution is -2.34. The molecule has 0 bridgehead atoms. The quantitative estimate of drug-likeness (QED) is 0.826. The van der Waals surface area contributed by atoms with Crippen LogP contribution in [-0.4, -0.2) is 22.6 Å². The van der Waals surface area contributed by atoms with Crippen LogP contribution in [0.4, 0.5) is 5.82 Å². The van der Waals surface area contributed by atoms with E-state index in [1.165, 1.54) is 6.07 Å². The highest BCUT2D eigenvalue weighted by Crippen LogP contribution is 2.25. The van der Waals surface area contributed by atoms with Gasteiger partial charge in [-0.25, -0.2) is 4.98 Å². The van der Waals surface area contributed by atoms with Gasteiger partial charge in [0, 0.05) is 11.8 Å². The Hall–Kier alpha value is -2.18. The molecule has 0 aliphatic carbocycles. The molecule has 0 spiro atoms. The second-order valence-corrected chi connectivity index (χ2v) is 5.52. The van der Waals surface area contributed by atoms with Gasteiger partial charge in [0.2, 0.25) is 0 Å². The molecule has 0 fully saturated rings. The summed E-state index contributed by atoms with van der Waals surface area (Å²) in [5.74, 6) is 0.746. The number of halogens is 1. The largest absolute Gasteiger partial charge is 0.492 e. The molecular formula is C16H16ClN3O2S. The summed E-state index contributed by atoms with van der Waals surface area (Å²) in [5, 5.41) is 5.98. The van der Waals surface area contributed by atoms with Crippen molar-refractivity contribution in [2.24, 2.45) is 0 Å². The first-order valence-corrected chi connectivity index (χ1v) is 7.75. The molecule has 1 aromatic carbocycles. The van der Waals surface area contributed by atoms with Crippen molar-refractivity contribution in [3.8, 4) is 5.75 Å². The Bertz CT molecular complexity index is 737.